The maximum absolute atomic E-state index is 15.7. The van der Waals surface area contributed by atoms with Crippen LogP contribution in [0.15, 0.2) is 42.5 Å². The Bertz CT molecular complexity index is 2810. The van der Waals surface area contributed by atoms with Crippen LogP contribution in [-0.4, -0.2) is 60.6 Å². The molecule has 312 valence electrons. The number of aromatic nitrogens is 6. The molecular formula is C37H32F7IN9O3S2-. The standard InChI is InChI=1S/C37H32F7IN9O3S2/c1-15-7-23(15)47-35-49-34-25(58-35)12-21(19-5-4-6-20-30(19)53(2)51-33(20)52-59(3,56)57)29(48-34)24(10-16-8-17(38)11-18(39)9-16)46-26(55)14-54-32-27(31(50-54)37(42,43)44)28-22(13-45-28)36(32,40)41/h4-6,8-9,11-12,15,22-24,28H,7,10,13-14H2,1-3H3,(H,46,55)(H,51,52)(H,47,48,49)/q-1/t15?,22-,23?,24+,28+/m1/s1. The van der Waals surface area contributed by atoms with Crippen molar-refractivity contribution in [2.75, 3.05) is 20.7 Å². The van der Waals surface area contributed by atoms with Crippen LogP contribution in [0.2, 0.25) is 0 Å². The number of sulfonamides is 1. The third kappa shape index (κ3) is 7.27. The van der Waals surface area contributed by atoms with Crippen LogP contribution < -0.4 is 36.6 Å². The summed E-state index contributed by atoms with van der Waals surface area (Å²) in [6, 6.07) is 8.40. The van der Waals surface area contributed by atoms with E-state index in [0.29, 0.717) is 48.5 Å². The van der Waals surface area contributed by atoms with Gasteiger partial charge in [0, 0.05) is 24.5 Å². The minimum absolute atomic E-state index is 0.0303. The molecule has 59 heavy (non-hydrogen) atoms. The Kier molecular flexibility index (Phi) is 9.45. The smallest absolute Gasteiger partial charge is 0.0952 e. The van der Waals surface area contributed by atoms with Crippen molar-refractivity contribution in [3.8, 4) is 11.1 Å². The molecule has 22 heteroatoms. The Hall–Kier alpha value is -4.58. The first-order valence-electron chi connectivity index (χ1n) is 18.1. The van der Waals surface area contributed by atoms with Gasteiger partial charge >= 0.3 is 215 Å². The van der Waals surface area contributed by atoms with Crippen LogP contribution in [0, 0.1) is 23.5 Å². The molecule has 2 fully saturated rings. The van der Waals surface area contributed by atoms with Gasteiger partial charge in [0.2, 0.25) is 10.0 Å². The molecule has 0 spiro atoms. The fraction of sp³-hybridized carbons (Fsp3) is 0.378. The molecule has 1 amide bonds. The van der Waals surface area contributed by atoms with Gasteiger partial charge in [-0.25, -0.2) is 17.2 Å². The summed E-state index contributed by atoms with van der Waals surface area (Å²) in [5, 5.41) is 15.0. The number of para-hydroxylation sites is 1. The number of aryl methyl sites for hydroxylation is 1. The zero-order valence-corrected chi connectivity index (χ0v) is 34.8. The Morgan fingerprint density at radius 3 is 2.46 bits per heavy atom. The number of halogens is 8. The summed E-state index contributed by atoms with van der Waals surface area (Å²) in [6.45, 7) is 1.05. The SMILES string of the molecule is CC1CC1Nc1nc2nc([C@H](Cc3cc(F)cc(F)c3)NC(=O)Cn3nc(C(F)(F)F)c4c3C(F)(F)[C@@H]3C[I-][C@H]43)c(-c3cccc4c(NS(C)(=O)=O)nn(C)c34)cc2s1. The summed E-state index contributed by atoms with van der Waals surface area (Å²) < 4.78 is 132. The van der Waals surface area contributed by atoms with Crippen molar-refractivity contribution >= 4 is 59.5 Å². The minimum atomic E-state index is -5.04. The molecular weight excluding hydrogens is 942 g/mol. The number of alkyl halides is 7. The number of amides is 1. The number of rotatable bonds is 11. The van der Waals surface area contributed by atoms with E-state index >= 15 is 8.78 Å². The summed E-state index contributed by atoms with van der Waals surface area (Å²) >= 11 is 0.334. The van der Waals surface area contributed by atoms with Crippen molar-refractivity contribution in [3.05, 3.63) is 82.3 Å². The van der Waals surface area contributed by atoms with E-state index in [9.17, 15) is 35.2 Å². The number of hydrogen-bond donors (Lipinski definition) is 3. The van der Waals surface area contributed by atoms with Crippen LogP contribution in [-0.2, 0) is 46.9 Å². The molecule has 6 aromatic rings. The van der Waals surface area contributed by atoms with Gasteiger partial charge in [0.25, 0.3) is 0 Å². The summed E-state index contributed by atoms with van der Waals surface area (Å²) in [6.07, 6.45) is -3.46. The number of fused-ring (bicyclic) bond motifs is 5. The van der Waals surface area contributed by atoms with Crippen LogP contribution >= 0.6 is 11.3 Å². The van der Waals surface area contributed by atoms with Gasteiger partial charge in [-0.2, -0.15) is 5.10 Å². The molecule has 1 saturated heterocycles. The molecule has 5 atom stereocenters. The third-order valence-electron chi connectivity index (χ3n) is 10.7. The van der Waals surface area contributed by atoms with E-state index < -0.39 is 100 Å². The van der Waals surface area contributed by atoms with Gasteiger partial charge < -0.3 is 5.32 Å². The molecule has 2 aliphatic carbocycles. The average molecular weight is 975 g/mol. The second-order valence-corrected chi connectivity index (χ2v) is 21.0. The van der Waals surface area contributed by atoms with Crippen LogP contribution in [0.4, 0.5) is 41.7 Å². The van der Waals surface area contributed by atoms with Gasteiger partial charge in [-0.3, -0.25) is 9.40 Å². The number of pyridine rings is 1. The van der Waals surface area contributed by atoms with E-state index in [4.69, 9.17) is 4.98 Å². The average Bonchev–Trinajstić information content (AvgIpc) is 3.36. The molecule has 3 N–H and O–H groups in total. The van der Waals surface area contributed by atoms with Crippen molar-refractivity contribution in [2.45, 2.75) is 54.4 Å². The van der Waals surface area contributed by atoms with Gasteiger partial charge in [0.15, 0.2) is 10.9 Å². The first kappa shape index (κ1) is 39.9. The first-order valence-corrected chi connectivity index (χ1v) is 23.6. The van der Waals surface area contributed by atoms with E-state index in [0.717, 1.165) is 24.8 Å². The van der Waals surface area contributed by atoms with Crippen LogP contribution in [0.1, 0.15) is 51.5 Å². The Morgan fingerprint density at radius 2 is 1.81 bits per heavy atom. The fourth-order valence-electron chi connectivity index (χ4n) is 7.88. The van der Waals surface area contributed by atoms with Gasteiger partial charge in [-0.15, -0.1) is 0 Å². The van der Waals surface area contributed by atoms with Crippen molar-refractivity contribution < 1.29 is 65.2 Å². The fourth-order valence-corrected chi connectivity index (χ4v) is 12.9. The quantitative estimate of drug-likeness (QED) is 0.101. The number of benzene rings is 2. The van der Waals surface area contributed by atoms with Gasteiger partial charge in [-0.05, 0) is 18.4 Å². The zero-order chi connectivity index (χ0) is 41.9. The Morgan fingerprint density at radius 1 is 1.08 bits per heavy atom. The molecule has 0 bridgehead atoms. The van der Waals surface area contributed by atoms with Crippen LogP contribution in [0.25, 0.3) is 32.4 Å². The van der Waals surface area contributed by atoms with Crippen LogP contribution in [0.5, 0.6) is 0 Å². The maximum atomic E-state index is 15.7. The second kappa shape index (κ2) is 14.0. The summed E-state index contributed by atoms with van der Waals surface area (Å²) in [4.78, 5) is 23.7. The minimum Gasteiger partial charge on any atom is -0.0952 e. The molecule has 0 radical (unpaired) electrons. The van der Waals surface area contributed by atoms with Gasteiger partial charge in [0.05, 0.1) is 6.26 Å². The van der Waals surface area contributed by atoms with Crippen molar-refractivity contribution in [1.82, 2.24) is 34.8 Å². The van der Waals surface area contributed by atoms with Crippen molar-refractivity contribution in [2.24, 2.45) is 18.9 Å². The number of nitrogens with one attached hydrogen (secondary N) is 3. The number of carbonyl (C=O) groups excluding carboxylic acids is 1. The van der Waals surface area contributed by atoms with Gasteiger partial charge in [-0.1, -0.05) is 24.3 Å². The number of nitrogens with zero attached hydrogens (tertiary/aromatic N) is 6. The van der Waals surface area contributed by atoms with Crippen molar-refractivity contribution in [3.63, 3.8) is 0 Å². The molecule has 12 nitrogen and oxygen atoms in total. The molecule has 1 aliphatic heterocycles. The Labute approximate surface area is 345 Å². The normalized spacial score (nSPS) is 21.4. The molecule has 5 heterocycles. The second-order valence-electron chi connectivity index (χ2n) is 15.1. The van der Waals surface area contributed by atoms with E-state index in [2.05, 4.69) is 37.5 Å². The van der Waals surface area contributed by atoms with E-state index in [-0.39, 0.29) is 39.6 Å². The van der Waals surface area contributed by atoms with Gasteiger partial charge in [0.1, 0.15) is 0 Å². The topological polar surface area (TPSA) is 149 Å². The summed E-state index contributed by atoms with van der Waals surface area (Å²) in [7, 11) is -2.18. The molecule has 4 aromatic heterocycles. The number of hydrogen-bond acceptors (Lipinski definition) is 9. The molecule has 2 unspecified atom stereocenters. The Balaban J connectivity index is 1.19. The third-order valence-corrected chi connectivity index (χ3v) is 16.1. The van der Waals surface area contributed by atoms with Crippen molar-refractivity contribution in [1.29, 1.82) is 0 Å². The first-order chi connectivity index (χ1) is 27.7. The number of carbonyl (C=O) groups is 1. The molecule has 1 saturated carbocycles. The predicted molar refractivity (Wildman–Crippen MR) is 200 cm³/mol. The van der Waals surface area contributed by atoms with Crippen LogP contribution in [0.3, 0.4) is 0 Å². The summed E-state index contributed by atoms with van der Waals surface area (Å²) in [5.41, 5.74) is -1.26. The molecule has 2 aromatic carbocycles. The zero-order valence-electron chi connectivity index (χ0n) is 31.0. The number of thiazole rings is 1. The van der Waals surface area contributed by atoms with E-state index in [1.54, 1.807) is 31.3 Å². The molecule has 9 rings (SSSR count). The van der Waals surface area contributed by atoms with E-state index in [1.807, 2.05) is 0 Å². The predicted octanol–water partition coefficient (Wildman–Crippen LogP) is 3.90. The molecule has 3 aliphatic rings. The summed E-state index contributed by atoms with van der Waals surface area (Å²) in [5.74, 6) is -7.35. The number of anilines is 2. The monoisotopic (exact) mass is 974 g/mol. The van der Waals surface area contributed by atoms with E-state index in [1.165, 1.54) is 16.0 Å².